The van der Waals surface area contributed by atoms with Crippen LogP contribution in [0.25, 0.3) is 11.4 Å². The van der Waals surface area contributed by atoms with E-state index in [9.17, 15) is 4.79 Å². The molecule has 0 bridgehead atoms. The highest BCUT2D eigenvalue weighted by atomic mass is 35.5. The number of tetrazole rings is 1. The zero-order valence-corrected chi connectivity index (χ0v) is 15.3. The summed E-state index contributed by atoms with van der Waals surface area (Å²) in [6.45, 7) is 0. The van der Waals surface area contributed by atoms with Crippen LogP contribution in [0, 0.1) is 0 Å². The summed E-state index contributed by atoms with van der Waals surface area (Å²) in [5.41, 5.74) is -0.749. The lowest BCUT2D eigenvalue weighted by atomic mass is 10.2. The van der Waals surface area contributed by atoms with E-state index < -0.39 is 10.7 Å². The van der Waals surface area contributed by atoms with Crippen molar-refractivity contribution >= 4 is 51.6 Å². The van der Waals surface area contributed by atoms with Gasteiger partial charge in [0.15, 0.2) is 5.82 Å². The number of alkyl halides is 1. The van der Waals surface area contributed by atoms with Crippen molar-refractivity contribution < 1.29 is 9.53 Å². The number of para-hydroxylation sites is 1. The maximum atomic E-state index is 11.3. The molecule has 0 aliphatic carbocycles. The maximum absolute atomic E-state index is 11.3. The number of nitrogens with zero attached hydrogens (tertiary/aromatic N) is 4. The molecule has 0 saturated heterocycles. The SMILES string of the molecule is O=C(Cl)C(Cl)n1nnnc1-c1ccccc1Oc1ccc(Cl)cc1Cl. The molecule has 6 nitrogen and oxygen atoms in total. The van der Waals surface area contributed by atoms with Gasteiger partial charge in [-0.3, -0.25) is 4.79 Å². The van der Waals surface area contributed by atoms with E-state index in [1.165, 1.54) is 0 Å². The number of rotatable bonds is 5. The van der Waals surface area contributed by atoms with Gasteiger partial charge in [-0.2, -0.15) is 4.68 Å². The molecule has 25 heavy (non-hydrogen) atoms. The van der Waals surface area contributed by atoms with Crippen molar-refractivity contribution in [2.75, 3.05) is 0 Å². The third kappa shape index (κ3) is 3.88. The Morgan fingerprint density at radius 3 is 2.60 bits per heavy atom. The van der Waals surface area contributed by atoms with Gasteiger partial charge in [0.2, 0.25) is 5.50 Å². The molecule has 0 saturated carbocycles. The molecule has 1 unspecified atom stereocenters. The van der Waals surface area contributed by atoms with Crippen LogP contribution >= 0.6 is 46.4 Å². The van der Waals surface area contributed by atoms with E-state index in [1.54, 1.807) is 42.5 Å². The van der Waals surface area contributed by atoms with Crippen molar-refractivity contribution in [3.63, 3.8) is 0 Å². The number of hydrogen-bond acceptors (Lipinski definition) is 5. The molecule has 0 aliphatic rings. The largest absolute Gasteiger partial charge is 0.455 e. The van der Waals surface area contributed by atoms with E-state index in [0.717, 1.165) is 4.68 Å². The van der Waals surface area contributed by atoms with E-state index in [2.05, 4.69) is 15.5 Å². The van der Waals surface area contributed by atoms with Gasteiger partial charge in [-0.25, -0.2) is 0 Å². The highest BCUT2D eigenvalue weighted by molar-refractivity contribution is 6.68. The average Bonchev–Trinajstić information content (AvgIpc) is 3.06. The molecule has 1 atom stereocenters. The molecule has 0 radical (unpaired) electrons. The Bertz CT molecular complexity index is 931. The Kier molecular flexibility index (Phi) is 5.44. The van der Waals surface area contributed by atoms with E-state index in [-0.39, 0.29) is 5.82 Å². The molecule has 3 rings (SSSR count). The number of halogens is 4. The highest BCUT2D eigenvalue weighted by Crippen LogP contribution is 2.37. The van der Waals surface area contributed by atoms with Crippen molar-refractivity contribution in [3.05, 3.63) is 52.5 Å². The quantitative estimate of drug-likeness (QED) is 0.434. The number of benzene rings is 2. The Balaban J connectivity index is 2.03. The zero-order valence-electron chi connectivity index (χ0n) is 12.2. The molecule has 10 heteroatoms. The van der Waals surface area contributed by atoms with Gasteiger partial charge in [0.25, 0.3) is 5.24 Å². The molecule has 0 fully saturated rings. The standard InChI is InChI=1S/C15H8Cl4N4O2/c16-8-5-6-12(10(17)7-8)25-11-4-2-1-3-9(11)15-20-21-22-23(15)13(18)14(19)24/h1-7,13H. The Labute approximate surface area is 162 Å². The molecule has 0 N–H and O–H groups in total. The van der Waals surface area contributed by atoms with Gasteiger partial charge in [-0.05, 0) is 52.4 Å². The summed E-state index contributed by atoms with van der Waals surface area (Å²) in [6.07, 6.45) is 0. The normalized spacial score (nSPS) is 12.0. The second-order valence-electron chi connectivity index (χ2n) is 4.76. The first-order chi connectivity index (χ1) is 12.0. The van der Waals surface area contributed by atoms with Gasteiger partial charge in [0, 0.05) is 5.02 Å². The molecule has 0 amide bonds. The van der Waals surface area contributed by atoms with Crippen molar-refractivity contribution in [1.29, 1.82) is 0 Å². The Hall–Kier alpha value is -1.86. The number of hydrogen-bond donors (Lipinski definition) is 0. The van der Waals surface area contributed by atoms with Gasteiger partial charge < -0.3 is 4.74 Å². The molecular weight excluding hydrogens is 410 g/mol. The fraction of sp³-hybridized carbons (Fsp3) is 0.0667. The van der Waals surface area contributed by atoms with Gasteiger partial charge in [0.05, 0.1) is 10.6 Å². The third-order valence-corrected chi connectivity index (χ3v) is 4.37. The number of aromatic nitrogens is 4. The van der Waals surface area contributed by atoms with E-state index in [0.29, 0.717) is 27.1 Å². The van der Waals surface area contributed by atoms with Gasteiger partial charge in [-0.15, -0.1) is 5.10 Å². The molecule has 128 valence electrons. The Morgan fingerprint density at radius 2 is 1.88 bits per heavy atom. The highest BCUT2D eigenvalue weighted by Gasteiger charge is 2.23. The molecule has 0 spiro atoms. The van der Waals surface area contributed by atoms with Crippen molar-refractivity contribution in [1.82, 2.24) is 20.2 Å². The lowest BCUT2D eigenvalue weighted by Gasteiger charge is -2.13. The van der Waals surface area contributed by atoms with Crippen molar-refractivity contribution in [3.8, 4) is 22.9 Å². The minimum atomic E-state index is -1.25. The molecular formula is C15H8Cl4N4O2. The second kappa shape index (κ2) is 7.58. The monoisotopic (exact) mass is 416 g/mol. The van der Waals surface area contributed by atoms with Crippen LogP contribution in [0.2, 0.25) is 10.0 Å². The van der Waals surface area contributed by atoms with Gasteiger partial charge in [-0.1, -0.05) is 46.9 Å². The minimum Gasteiger partial charge on any atom is -0.455 e. The first kappa shape index (κ1) is 17.9. The summed E-state index contributed by atoms with van der Waals surface area (Å²) in [5.74, 6) is 1.02. The molecule has 1 aromatic heterocycles. The van der Waals surface area contributed by atoms with Crippen LogP contribution in [0.15, 0.2) is 42.5 Å². The summed E-state index contributed by atoms with van der Waals surface area (Å²) >= 11 is 23.4. The predicted octanol–water partition coefficient (Wildman–Crippen LogP) is 4.94. The average molecular weight is 418 g/mol. The fourth-order valence-corrected chi connectivity index (χ4v) is 2.71. The van der Waals surface area contributed by atoms with E-state index in [4.69, 9.17) is 51.1 Å². The number of carbonyl (C=O) groups excluding carboxylic acids is 1. The van der Waals surface area contributed by atoms with E-state index in [1.807, 2.05) is 0 Å². The molecule has 0 aliphatic heterocycles. The van der Waals surface area contributed by atoms with Crippen LogP contribution in [0.1, 0.15) is 5.50 Å². The minimum absolute atomic E-state index is 0.217. The smallest absolute Gasteiger partial charge is 0.261 e. The van der Waals surface area contributed by atoms with Crippen LogP contribution in [-0.4, -0.2) is 25.4 Å². The summed E-state index contributed by atoms with van der Waals surface area (Å²) in [7, 11) is 0. The number of ether oxygens (including phenoxy) is 1. The molecule has 3 aromatic rings. The lowest BCUT2D eigenvalue weighted by Crippen LogP contribution is -2.12. The van der Waals surface area contributed by atoms with Crippen molar-refractivity contribution in [2.24, 2.45) is 0 Å². The third-order valence-electron chi connectivity index (χ3n) is 3.14. The van der Waals surface area contributed by atoms with Crippen LogP contribution in [0.3, 0.4) is 0 Å². The van der Waals surface area contributed by atoms with Crippen LogP contribution in [0.4, 0.5) is 0 Å². The first-order valence-corrected chi connectivity index (χ1v) is 8.38. The molecule has 1 heterocycles. The number of carbonyl (C=O) groups is 1. The summed E-state index contributed by atoms with van der Waals surface area (Å²) in [4.78, 5) is 11.3. The van der Waals surface area contributed by atoms with Crippen molar-refractivity contribution in [2.45, 2.75) is 5.50 Å². The van der Waals surface area contributed by atoms with Gasteiger partial charge >= 0.3 is 0 Å². The fourth-order valence-electron chi connectivity index (χ4n) is 2.04. The summed E-state index contributed by atoms with van der Waals surface area (Å²) in [5, 5.41) is 11.2. The summed E-state index contributed by atoms with van der Waals surface area (Å²) < 4.78 is 6.95. The maximum Gasteiger partial charge on any atom is 0.261 e. The topological polar surface area (TPSA) is 69.9 Å². The zero-order chi connectivity index (χ0) is 18.0. The second-order valence-corrected chi connectivity index (χ2v) is 6.39. The Morgan fingerprint density at radius 1 is 1.12 bits per heavy atom. The van der Waals surface area contributed by atoms with Crippen LogP contribution in [0.5, 0.6) is 11.5 Å². The lowest BCUT2D eigenvalue weighted by molar-refractivity contribution is -0.112. The van der Waals surface area contributed by atoms with Crippen LogP contribution < -0.4 is 4.74 Å². The summed E-state index contributed by atoms with van der Waals surface area (Å²) in [6, 6.07) is 11.8. The predicted molar refractivity (Wildman–Crippen MR) is 95.5 cm³/mol. The molecule has 2 aromatic carbocycles. The van der Waals surface area contributed by atoms with Gasteiger partial charge in [0.1, 0.15) is 11.5 Å². The first-order valence-electron chi connectivity index (χ1n) is 6.81. The van der Waals surface area contributed by atoms with Crippen LogP contribution in [-0.2, 0) is 4.79 Å². The van der Waals surface area contributed by atoms with E-state index >= 15 is 0 Å².